The maximum Gasteiger partial charge on any atom is 0.147 e. The van der Waals surface area contributed by atoms with E-state index in [-0.39, 0.29) is 0 Å². The summed E-state index contributed by atoms with van der Waals surface area (Å²) in [6.45, 7) is 0.803. The molecule has 0 N–H and O–H groups in total. The largest absolute Gasteiger partial charge is 0.354 e. The van der Waals surface area contributed by atoms with Gasteiger partial charge in [-0.15, -0.1) is 0 Å². The van der Waals surface area contributed by atoms with Crippen molar-refractivity contribution in [3.8, 4) is 0 Å². The first-order chi connectivity index (χ1) is 7.75. The van der Waals surface area contributed by atoms with Crippen molar-refractivity contribution in [2.24, 2.45) is 0 Å². The van der Waals surface area contributed by atoms with Crippen LogP contribution in [0.4, 0.5) is 5.82 Å². The van der Waals surface area contributed by atoms with Crippen LogP contribution in [0.1, 0.15) is 5.56 Å². The molecule has 1 aromatic heterocycles. The van der Waals surface area contributed by atoms with Crippen molar-refractivity contribution < 1.29 is 0 Å². The van der Waals surface area contributed by atoms with Crippen molar-refractivity contribution in [1.29, 1.82) is 0 Å². The molecule has 3 nitrogen and oxygen atoms in total. The van der Waals surface area contributed by atoms with Crippen molar-refractivity contribution in [1.82, 2.24) is 9.97 Å². The van der Waals surface area contributed by atoms with Gasteiger partial charge in [-0.2, -0.15) is 0 Å². The summed E-state index contributed by atoms with van der Waals surface area (Å²) in [5, 5.41) is 0.414. The van der Waals surface area contributed by atoms with Gasteiger partial charge in [-0.3, -0.25) is 0 Å². The van der Waals surface area contributed by atoms with Crippen molar-refractivity contribution in [2.75, 3.05) is 11.9 Å². The third-order valence-corrected chi connectivity index (χ3v) is 2.46. The van der Waals surface area contributed by atoms with Crippen LogP contribution in [0.15, 0.2) is 42.7 Å². The first-order valence-corrected chi connectivity index (χ1v) is 5.36. The predicted octanol–water partition coefficient (Wildman–Crippen LogP) is 2.77. The average molecular weight is 234 g/mol. The zero-order valence-corrected chi connectivity index (χ0v) is 9.72. The molecule has 0 aliphatic heterocycles. The molecule has 0 saturated carbocycles. The molecule has 1 heterocycles. The Kier molecular flexibility index (Phi) is 3.37. The Morgan fingerprint density at radius 2 is 1.88 bits per heavy atom. The second-order valence-electron chi connectivity index (χ2n) is 3.54. The molecular formula is C12H12ClN3. The van der Waals surface area contributed by atoms with Crippen LogP contribution in [0.3, 0.4) is 0 Å². The molecule has 2 rings (SSSR count). The van der Waals surface area contributed by atoms with E-state index in [0.29, 0.717) is 5.15 Å². The molecule has 0 aliphatic carbocycles. The first kappa shape index (κ1) is 10.9. The summed E-state index contributed by atoms with van der Waals surface area (Å²) in [5.41, 5.74) is 1.24. The van der Waals surface area contributed by atoms with Gasteiger partial charge in [0.25, 0.3) is 0 Å². The minimum absolute atomic E-state index is 0.414. The molecule has 1 aromatic carbocycles. The van der Waals surface area contributed by atoms with Crippen LogP contribution in [0.5, 0.6) is 0 Å². The lowest BCUT2D eigenvalue weighted by atomic mass is 10.2. The lowest BCUT2D eigenvalue weighted by molar-refractivity contribution is 0.890. The summed E-state index contributed by atoms with van der Waals surface area (Å²) < 4.78 is 0. The van der Waals surface area contributed by atoms with E-state index in [9.17, 15) is 0 Å². The van der Waals surface area contributed by atoms with Crippen LogP contribution in [0, 0.1) is 0 Å². The summed E-state index contributed by atoms with van der Waals surface area (Å²) in [6.07, 6.45) is 3.23. The topological polar surface area (TPSA) is 29.0 Å². The number of aromatic nitrogens is 2. The van der Waals surface area contributed by atoms with Gasteiger partial charge in [0, 0.05) is 13.6 Å². The molecule has 4 heteroatoms. The van der Waals surface area contributed by atoms with Crippen molar-refractivity contribution in [3.05, 3.63) is 53.4 Å². The highest BCUT2D eigenvalue weighted by Gasteiger charge is 2.03. The Balaban J connectivity index is 2.09. The number of anilines is 1. The van der Waals surface area contributed by atoms with Crippen molar-refractivity contribution in [2.45, 2.75) is 6.54 Å². The summed E-state index contributed by atoms with van der Waals surface area (Å²) in [5.74, 6) is 0.813. The Labute approximate surface area is 99.7 Å². The van der Waals surface area contributed by atoms with Crippen LogP contribution < -0.4 is 4.90 Å². The van der Waals surface area contributed by atoms with Crippen LogP contribution >= 0.6 is 11.6 Å². The fourth-order valence-corrected chi connectivity index (χ4v) is 1.54. The van der Waals surface area contributed by atoms with E-state index in [4.69, 9.17) is 11.6 Å². The molecule has 0 bridgehead atoms. The lowest BCUT2D eigenvalue weighted by Crippen LogP contribution is -2.17. The monoisotopic (exact) mass is 233 g/mol. The van der Waals surface area contributed by atoms with Crippen molar-refractivity contribution >= 4 is 17.4 Å². The second kappa shape index (κ2) is 4.94. The van der Waals surface area contributed by atoms with E-state index in [0.717, 1.165) is 12.4 Å². The number of hydrogen-bond donors (Lipinski definition) is 0. The Bertz CT molecular complexity index is 442. The molecule has 0 radical (unpaired) electrons. The van der Waals surface area contributed by atoms with E-state index in [2.05, 4.69) is 22.1 Å². The van der Waals surface area contributed by atoms with Crippen molar-refractivity contribution in [3.63, 3.8) is 0 Å². The summed E-state index contributed by atoms with van der Waals surface area (Å²) in [6, 6.07) is 10.2. The maximum absolute atomic E-state index is 5.68. The molecule has 0 atom stereocenters. The van der Waals surface area contributed by atoms with Gasteiger partial charge >= 0.3 is 0 Å². The van der Waals surface area contributed by atoms with Gasteiger partial charge in [-0.1, -0.05) is 41.9 Å². The minimum Gasteiger partial charge on any atom is -0.354 e. The summed E-state index contributed by atoms with van der Waals surface area (Å²) >= 11 is 5.68. The zero-order chi connectivity index (χ0) is 11.4. The molecule has 2 aromatic rings. The first-order valence-electron chi connectivity index (χ1n) is 4.98. The third-order valence-electron chi connectivity index (χ3n) is 2.26. The Hall–Kier alpha value is -1.61. The Morgan fingerprint density at radius 1 is 1.12 bits per heavy atom. The van der Waals surface area contributed by atoms with E-state index in [1.54, 1.807) is 12.4 Å². The minimum atomic E-state index is 0.414. The fraction of sp³-hybridized carbons (Fsp3) is 0.167. The fourth-order valence-electron chi connectivity index (χ4n) is 1.44. The van der Waals surface area contributed by atoms with Gasteiger partial charge in [0.15, 0.2) is 0 Å². The molecule has 0 spiro atoms. The van der Waals surface area contributed by atoms with Gasteiger partial charge in [0.05, 0.1) is 12.4 Å². The van der Waals surface area contributed by atoms with Gasteiger partial charge < -0.3 is 4.90 Å². The van der Waals surface area contributed by atoms with Gasteiger partial charge in [-0.05, 0) is 5.56 Å². The molecule has 0 saturated heterocycles. The zero-order valence-electron chi connectivity index (χ0n) is 8.97. The predicted molar refractivity (Wildman–Crippen MR) is 65.6 cm³/mol. The Morgan fingerprint density at radius 3 is 2.50 bits per heavy atom. The highest BCUT2D eigenvalue weighted by molar-refractivity contribution is 6.29. The number of hydrogen-bond acceptors (Lipinski definition) is 3. The molecule has 0 fully saturated rings. The molecule has 0 amide bonds. The van der Waals surface area contributed by atoms with Gasteiger partial charge in [0.2, 0.25) is 0 Å². The van der Waals surface area contributed by atoms with Crippen LogP contribution in [0.2, 0.25) is 5.15 Å². The normalized spacial score (nSPS) is 10.1. The summed E-state index contributed by atoms with van der Waals surface area (Å²) in [7, 11) is 1.98. The van der Waals surface area contributed by atoms with E-state index in [1.807, 2.05) is 30.1 Å². The van der Waals surface area contributed by atoms with E-state index >= 15 is 0 Å². The SMILES string of the molecule is CN(Cc1ccccc1)c1cnc(Cl)cn1. The van der Waals surface area contributed by atoms with Crippen LogP contribution in [-0.4, -0.2) is 17.0 Å². The summed E-state index contributed by atoms with van der Waals surface area (Å²) in [4.78, 5) is 10.2. The van der Waals surface area contributed by atoms with Crippen LogP contribution in [-0.2, 0) is 6.54 Å². The van der Waals surface area contributed by atoms with Gasteiger partial charge in [-0.25, -0.2) is 9.97 Å². The van der Waals surface area contributed by atoms with E-state index < -0.39 is 0 Å². The average Bonchev–Trinajstić information content (AvgIpc) is 2.31. The van der Waals surface area contributed by atoms with Crippen LogP contribution in [0.25, 0.3) is 0 Å². The smallest absolute Gasteiger partial charge is 0.147 e. The highest BCUT2D eigenvalue weighted by atomic mass is 35.5. The number of benzene rings is 1. The second-order valence-corrected chi connectivity index (χ2v) is 3.93. The molecule has 82 valence electrons. The number of halogens is 1. The molecular weight excluding hydrogens is 222 g/mol. The standard InChI is InChI=1S/C12H12ClN3/c1-16(9-10-5-3-2-4-6-10)12-8-14-11(13)7-15-12/h2-8H,9H2,1H3. The maximum atomic E-state index is 5.68. The number of nitrogens with zero attached hydrogens (tertiary/aromatic N) is 3. The molecule has 16 heavy (non-hydrogen) atoms. The third kappa shape index (κ3) is 2.70. The van der Waals surface area contributed by atoms with Gasteiger partial charge in [0.1, 0.15) is 11.0 Å². The molecule has 0 aliphatic rings. The highest BCUT2D eigenvalue weighted by Crippen LogP contribution is 2.12. The van der Waals surface area contributed by atoms with E-state index in [1.165, 1.54) is 5.56 Å². The quantitative estimate of drug-likeness (QED) is 0.816. The number of rotatable bonds is 3. The molecule has 0 unspecified atom stereocenters. The lowest BCUT2D eigenvalue weighted by Gasteiger charge is -2.17.